The van der Waals surface area contributed by atoms with E-state index in [2.05, 4.69) is 50.4 Å². The SMILES string of the molecule is CCC(C)N1C(=O)c2ccccc2NC1(CC)c1ccc(OCCc2ccccc2)cc1. The zero-order chi connectivity index (χ0) is 22.6. The molecule has 3 aromatic carbocycles. The van der Waals surface area contributed by atoms with Gasteiger partial charge in [0.2, 0.25) is 0 Å². The number of nitrogens with zero attached hydrogens (tertiary/aromatic N) is 1. The first-order valence-corrected chi connectivity index (χ1v) is 11.6. The van der Waals surface area contributed by atoms with Crippen molar-refractivity contribution in [3.05, 3.63) is 95.6 Å². The summed E-state index contributed by atoms with van der Waals surface area (Å²) in [6, 6.07) is 26.5. The van der Waals surface area contributed by atoms with Crippen LogP contribution in [0.4, 0.5) is 5.69 Å². The number of para-hydroxylation sites is 1. The van der Waals surface area contributed by atoms with Gasteiger partial charge in [-0.3, -0.25) is 4.79 Å². The maximum atomic E-state index is 13.6. The monoisotopic (exact) mass is 428 g/mol. The van der Waals surface area contributed by atoms with Crippen molar-refractivity contribution in [3.63, 3.8) is 0 Å². The predicted octanol–water partition coefficient (Wildman–Crippen LogP) is 6.24. The van der Waals surface area contributed by atoms with Gasteiger partial charge in [0.15, 0.2) is 0 Å². The number of benzene rings is 3. The van der Waals surface area contributed by atoms with E-state index >= 15 is 0 Å². The normalized spacial score (nSPS) is 18.6. The van der Waals surface area contributed by atoms with E-state index in [0.29, 0.717) is 6.61 Å². The van der Waals surface area contributed by atoms with E-state index in [4.69, 9.17) is 4.74 Å². The van der Waals surface area contributed by atoms with E-state index < -0.39 is 5.66 Å². The van der Waals surface area contributed by atoms with Crippen LogP contribution in [0.2, 0.25) is 0 Å². The first-order chi connectivity index (χ1) is 15.6. The number of carbonyl (C=O) groups excluding carboxylic acids is 1. The van der Waals surface area contributed by atoms with Gasteiger partial charge in [0.25, 0.3) is 5.91 Å². The molecule has 32 heavy (non-hydrogen) atoms. The van der Waals surface area contributed by atoms with Crippen molar-refractivity contribution in [1.29, 1.82) is 0 Å². The molecule has 4 heteroatoms. The van der Waals surface area contributed by atoms with Crippen LogP contribution in [0, 0.1) is 0 Å². The van der Waals surface area contributed by atoms with Gasteiger partial charge in [-0.05, 0) is 55.2 Å². The average Bonchev–Trinajstić information content (AvgIpc) is 2.84. The second-order valence-corrected chi connectivity index (χ2v) is 8.43. The molecule has 0 saturated carbocycles. The molecule has 1 heterocycles. The van der Waals surface area contributed by atoms with Gasteiger partial charge in [0.1, 0.15) is 11.4 Å². The molecule has 0 saturated heterocycles. The third kappa shape index (κ3) is 4.10. The molecule has 0 radical (unpaired) electrons. The second kappa shape index (κ2) is 9.47. The Balaban J connectivity index is 1.59. The molecule has 1 aliphatic heterocycles. The summed E-state index contributed by atoms with van der Waals surface area (Å²) in [6.45, 7) is 7.01. The second-order valence-electron chi connectivity index (χ2n) is 8.43. The Morgan fingerprint density at radius 3 is 2.31 bits per heavy atom. The maximum absolute atomic E-state index is 13.6. The molecule has 0 bridgehead atoms. The Morgan fingerprint density at radius 2 is 1.62 bits per heavy atom. The summed E-state index contributed by atoms with van der Waals surface area (Å²) in [5.41, 5.74) is 3.36. The Kier molecular flexibility index (Phi) is 6.50. The lowest BCUT2D eigenvalue weighted by atomic mass is 9.88. The van der Waals surface area contributed by atoms with Crippen molar-refractivity contribution in [3.8, 4) is 5.75 Å². The Labute approximate surface area is 191 Å². The van der Waals surface area contributed by atoms with Gasteiger partial charge < -0.3 is 15.0 Å². The number of rotatable bonds is 8. The summed E-state index contributed by atoms with van der Waals surface area (Å²) in [5, 5.41) is 3.72. The lowest BCUT2D eigenvalue weighted by Crippen LogP contribution is -2.60. The molecular formula is C28H32N2O2. The van der Waals surface area contributed by atoms with Gasteiger partial charge in [-0.25, -0.2) is 0 Å². The highest BCUT2D eigenvalue weighted by atomic mass is 16.5. The van der Waals surface area contributed by atoms with Gasteiger partial charge >= 0.3 is 0 Å². The third-order valence-electron chi connectivity index (χ3n) is 6.51. The largest absolute Gasteiger partial charge is 0.493 e. The molecule has 1 amide bonds. The van der Waals surface area contributed by atoms with E-state index in [9.17, 15) is 4.79 Å². The molecule has 0 aromatic heterocycles. The standard InChI is InChI=1S/C28H32N2O2/c1-4-21(3)30-27(31)25-13-9-10-14-26(25)29-28(30,5-2)23-15-17-24(18-16-23)32-20-19-22-11-7-6-8-12-22/h6-18,21,29H,4-5,19-20H2,1-3H3. The number of carbonyl (C=O) groups is 1. The van der Waals surface area contributed by atoms with Crippen LogP contribution < -0.4 is 10.1 Å². The maximum Gasteiger partial charge on any atom is 0.258 e. The summed E-state index contributed by atoms with van der Waals surface area (Å²) < 4.78 is 5.99. The Hall–Kier alpha value is -3.27. The lowest BCUT2D eigenvalue weighted by Gasteiger charge is -2.51. The van der Waals surface area contributed by atoms with E-state index in [1.807, 2.05) is 59.5 Å². The minimum absolute atomic E-state index is 0.0822. The molecule has 2 unspecified atom stereocenters. The van der Waals surface area contributed by atoms with Gasteiger partial charge in [-0.15, -0.1) is 0 Å². The smallest absolute Gasteiger partial charge is 0.258 e. The number of nitrogens with one attached hydrogen (secondary N) is 1. The van der Waals surface area contributed by atoms with Crippen LogP contribution in [-0.4, -0.2) is 23.5 Å². The Bertz CT molecular complexity index is 1050. The van der Waals surface area contributed by atoms with Gasteiger partial charge in [0.05, 0.1) is 12.2 Å². The molecule has 0 aliphatic carbocycles. The summed E-state index contributed by atoms with van der Waals surface area (Å²) in [4.78, 5) is 15.6. The molecule has 1 N–H and O–H groups in total. The fourth-order valence-electron chi connectivity index (χ4n) is 4.56. The van der Waals surface area contributed by atoms with E-state index in [1.54, 1.807) is 0 Å². The molecular weight excluding hydrogens is 396 g/mol. The number of hydrogen-bond acceptors (Lipinski definition) is 3. The van der Waals surface area contributed by atoms with Crippen LogP contribution in [0.25, 0.3) is 0 Å². The quantitative estimate of drug-likeness (QED) is 0.462. The third-order valence-corrected chi connectivity index (χ3v) is 6.51. The van der Waals surface area contributed by atoms with Crippen LogP contribution in [0.15, 0.2) is 78.9 Å². The minimum Gasteiger partial charge on any atom is -0.493 e. The summed E-state index contributed by atoms with van der Waals surface area (Å²) in [7, 11) is 0. The van der Waals surface area contributed by atoms with Crippen molar-refractivity contribution in [2.45, 2.75) is 51.7 Å². The van der Waals surface area contributed by atoms with Crippen molar-refractivity contribution in [2.75, 3.05) is 11.9 Å². The van der Waals surface area contributed by atoms with Crippen LogP contribution in [0.1, 0.15) is 55.1 Å². The fraction of sp³-hybridized carbons (Fsp3) is 0.321. The molecule has 4 nitrogen and oxygen atoms in total. The minimum atomic E-state index is -0.594. The van der Waals surface area contributed by atoms with Crippen molar-refractivity contribution >= 4 is 11.6 Å². The van der Waals surface area contributed by atoms with Crippen molar-refractivity contribution in [2.24, 2.45) is 0 Å². The number of fused-ring (bicyclic) bond motifs is 1. The first kappa shape index (κ1) is 21.9. The summed E-state index contributed by atoms with van der Waals surface area (Å²) in [5.74, 6) is 0.923. The first-order valence-electron chi connectivity index (χ1n) is 11.6. The van der Waals surface area contributed by atoms with Crippen LogP contribution in [0.5, 0.6) is 5.75 Å². The molecule has 0 spiro atoms. The van der Waals surface area contributed by atoms with E-state index in [0.717, 1.165) is 41.8 Å². The van der Waals surface area contributed by atoms with E-state index in [1.165, 1.54) is 5.56 Å². The number of anilines is 1. The number of amides is 1. The molecule has 3 aromatic rings. The summed E-state index contributed by atoms with van der Waals surface area (Å²) in [6.07, 6.45) is 2.51. The van der Waals surface area contributed by atoms with Gasteiger partial charge in [0, 0.05) is 18.2 Å². The topological polar surface area (TPSA) is 41.6 Å². The summed E-state index contributed by atoms with van der Waals surface area (Å²) >= 11 is 0. The van der Waals surface area contributed by atoms with Gasteiger partial charge in [-0.1, -0.05) is 68.4 Å². The highest BCUT2D eigenvalue weighted by Gasteiger charge is 2.46. The number of hydrogen-bond donors (Lipinski definition) is 1. The number of ether oxygens (including phenoxy) is 1. The molecule has 166 valence electrons. The highest BCUT2D eigenvalue weighted by Crippen LogP contribution is 2.42. The Morgan fingerprint density at radius 1 is 0.938 bits per heavy atom. The zero-order valence-corrected chi connectivity index (χ0v) is 19.2. The molecule has 0 fully saturated rings. The predicted molar refractivity (Wildman–Crippen MR) is 130 cm³/mol. The zero-order valence-electron chi connectivity index (χ0n) is 19.2. The van der Waals surface area contributed by atoms with Gasteiger partial charge in [-0.2, -0.15) is 0 Å². The van der Waals surface area contributed by atoms with E-state index in [-0.39, 0.29) is 11.9 Å². The molecule has 1 aliphatic rings. The molecule has 2 atom stereocenters. The van der Waals surface area contributed by atoms with Crippen molar-refractivity contribution in [1.82, 2.24) is 4.90 Å². The average molecular weight is 429 g/mol. The fourth-order valence-corrected chi connectivity index (χ4v) is 4.56. The lowest BCUT2D eigenvalue weighted by molar-refractivity contribution is 0.0335. The highest BCUT2D eigenvalue weighted by molar-refractivity contribution is 6.02. The van der Waals surface area contributed by atoms with Crippen LogP contribution in [0.3, 0.4) is 0 Å². The molecule has 4 rings (SSSR count). The van der Waals surface area contributed by atoms with Crippen LogP contribution >= 0.6 is 0 Å². The van der Waals surface area contributed by atoms with Crippen molar-refractivity contribution < 1.29 is 9.53 Å². The van der Waals surface area contributed by atoms with Crippen LogP contribution in [-0.2, 0) is 12.1 Å².